The van der Waals surface area contributed by atoms with Gasteiger partial charge >= 0.3 is 0 Å². The second-order valence-electron chi connectivity index (χ2n) is 4.15. The average Bonchev–Trinajstić information content (AvgIpc) is 3.04. The topological polar surface area (TPSA) is 91.4 Å². The summed E-state index contributed by atoms with van der Waals surface area (Å²) in [6.07, 6.45) is 3.33. The summed E-state index contributed by atoms with van der Waals surface area (Å²) >= 11 is 0. The molecule has 0 amide bonds. The molecular weight excluding hydrogens is 274 g/mol. The maximum absolute atomic E-state index is 9.15. The van der Waals surface area contributed by atoms with Gasteiger partial charge in [0.1, 0.15) is 12.0 Å². The van der Waals surface area contributed by atoms with E-state index in [2.05, 4.69) is 21.0 Å². The van der Waals surface area contributed by atoms with Crippen LogP contribution in [-0.2, 0) is 6.54 Å². The molecule has 1 aromatic carbocycles. The van der Waals surface area contributed by atoms with Gasteiger partial charge in [-0.1, -0.05) is 33.4 Å². The second-order valence-corrected chi connectivity index (χ2v) is 4.15. The van der Waals surface area contributed by atoms with E-state index in [9.17, 15) is 0 Å². The molecule has 0 spiro atoms. The molecule has 22 heavy (non-hydrogen) atoms. The lowest BCUT2D eigenvalue weighted by Crippen LogP contribution is -1.99. The van der Waals surface area contributed by atoms with Gasteiger partial charge < -0.3 is 10.7 Å². The summed E-state index contributed by atoms with van der Waals surface area (Å²) in [7, 11) is 0. The minimum Gasteiger partial charge on any atom is -0.346 e. The molecule has 0 saturated carbocycles. The first-order valence-electron chi connectivity index (χ1n) is 6.85. The molecule has 2 aromatic heterocycles. The van der Waals surface area contributed by atoms with E-state index in [0.29, 0.717) is 12.1 Å². The van der Waals surface area contributed by atoms with Crippen molar-refractivity contribution >= 4 is 11.0 Å². The highest BCUT2D eigenvalue weighted by Gasteiger charge is 2.09. The van der Waals surface area contributed by atoms with Crippen molar-refractivity contribution < 1.29 is 0 Å². The van der Waals surface area contributed by atoms with E-state index in [1.165, 1.54) is 6.33 Å². The van der Waals surface area contributed by atoms with Crippen molar-refractivity contribution in [1.29, 1.82) is 5.26 Å². The van der Waals surface area contributed by atoms with Gasteiger partial charge in [0.05, 0.1) is 17.3 Å². The molecule has 114 valence electrons. The van der Waals surface area contributed by atoms with Gasteiger partial charge in [0.2, 0.25) is 0 Å². The highest BCUT2D eigenvalue weighted by atomic mass is 14.9. The first kappa shape index (κ1) is 17.3. The van der Waals surface area contributed by atoms with E-state index in [0.717, 1.165) is 27.9 Å². The highest BCUT2D eigenvalue weighted by molar-refractivity contribution is 5.90. The first-order chi connectivity index (χ1) is 10.3. The minimum absolute atomic E-state index is 0. The molecule has 0 atom stereocenters. The molecule has 0 unspecified atom stereocenters. The molecule has 0 saturated heterocycles. The molecule has 0 fully saturated rings. The van der Waals surface area contributed by atoms with Crippen LogP contribution in [0.1, 0.15) is 32.4 Å². The molecule has 5 nitrogen and oxygen atoms in total. The van der Waals surface area contributed by atoms with Crippen LogP contribution in [-0.4, -0.2) is 15.0 Å². The predicted octanol–water partition coefficient (Wildman–Crippen LogP) is 3.62. The number of hydrogen-bond donors (Lipinski definition) is 2. The lowest BCUT2D eigenvalue weighted by molar-refractivity contribution is 1.06. The highest BCUT2D eigenvalue weighted by Crippen LogP contribution is 2.26. The number of fused-ring (bicyclic) bond motifs is 1. The fraction of sp³-hybridized carbons (Fsp3) is 0.235. The van der Waals surface area contributed by atoms with E-state index < -0.39 is 0 Å². The molecule has 5 heteroatoms. The lowest BCUT2D eigenvalue weighted by atomic mass is 10.0. The summed E-state index contributed by atoms with van der Waals surface area (Å²) < 4.78 is 0. The number of H-pyrrole nitrogens is 1. The molecule has 0 aliphatic heterocycles. The summed E-state index contributed by atoms with van der Waals surface area (Å²) in [5.41, 5.74) is 9.52. The zero-order valence-corrected chi connectivity index (χ0v) is 12.1. The van der Waals surface area contributed by atoms with Crippen LogP contribution in [0, 0.1) is 11.3 Å². The number of rotatable bonds is 2. The molecule has 3 rings (SSSR count). The van der Waals surface area contributed by atoms with Crippen molar-refractivity contribution in [2.45, 2.75) is 27.8 Å². The van der Waals surface area contributed by atoms with Gasteiger partial charge in [0, 0.05) is 23.7 Å². The van der Waals surface area contributed by atoms with Gasteiger partial charge in [0.25, 0.3) is 0 Å². The number of hydrogen-bond acceptors (Lipinski definition) is 4. The Bertz CT molecular complexity index is 783. The molecule has 2 heterocycles. The zero-order chi connectivity index (χ0) is 15.2. The van der Waals surface area contributed by atoms with Crippen LogP contribution < -0.4 is 5.73 Å². The normalized spacial score (nSPS) is 9.36. The quantitative estimate of drug-likeness (QED) is 0.755. The number of aromatic nitrogens is 3. The SMILES string of the molecule is C.CC.N#Cc1cc(-c2ncnc3[nH]ccc23)ccc1CN. The molecular formula is C17H21N5. The van der Waals surface area contributed by atoms with Gasteiger partial charge in [0.15, 0.2) is 0 Å². The number of aromatic amines is 1. The van der Waals surface area contributed by atoms with E-state index >= 15 is 0 Å². The number of nitrogens with zero attached hydrogens (tertiary/aromatic N) is 3. The molecule has 0 bridgehead atoms. The third-order valence-corrected chi connectivity index (χ3v) is 3.08. The summed E-state index contributed by atoms with van der Waals surface area (Å²) in [6.45, 7) is 4.35. The Morgan fingerprint density at radius 2 is 2.00 bits per heavy atom. The number of nitriles is 1. The van der Waals surface area contributed by atoms with Gasteiger partial charge in [-0.05, 0) is 17.7 Å². The van der Waals surface area contributed by atoms with Crippen LogP contribution in [0.25, 0.3) is 22.3 Å². The number of nitrogens with one attached hydrogen (secondary N) is 1. The Morgan fingerprint density at radius 1 is 1.23 bits per heavy atom. The Hall–Kier alpha value is -2.71. The maximum Gasteiger partial charge on any atom is 0.141 e. The van der Waals surface area contributed by atoms with Crippen molar-refractivity contribution in [2.75, 3.05) is 0 Å². The predicted molar refractivity (Wildman–Crippen MR) is 90.0 cm³/mol. The van der Waals surface area contributed by atoms with E-state index in [1.54, 1.807) is 0 Å². The van der Waals surface area contributed by atoms with Crippen LogP contribution in [0.3, 0.4) is 0 Å². The number of nitrogens with two attached hydrogens (primary N) is 1. The van der Waals surface area contributed by atoms with Crippen LogP contribution in [0.2, 0.25) is 0 Å². The third kappa shape index (κ3) is 3.13. The monoisotopic (exact) mass is 295 g/mol. The molecule has 0 radical (unpaired) electrons. The van der Waals surface area contributed by atoms with Crippen LogP contribution in [0.15, 0.2) is 36.8 Å². The maximum atomic E-state index is 9.15. The molecule has 3 aromatic rings. The minimum atomic E-state index is 0. The van der Waals surface area contributed by atoms with Crippen molar-refractivity contribution in [2.24, 2.45) is 5.73 Å². The Labute approximate surface area is 130 Å². The van der Waals surface area contributed by atoms with Gasteiger partial charge in [-0.2, -0.15) is 5.26 Å². The van der Waals surface area contributed by atoms with Gasteiger partial charge in [-0.25, -0.2) is 9.97 Å². The van der Waals surface area contributed by atoms with Crippen LogP contribution >= 0.6 is 0 Å². The Kier molecular flexibility index (Phi) is 6.24. The van der Waals surface area contributed by atoms with Crippen LogP contribution in [0.4, 0.5) is 0 Å². The summed E-state index contributed by atoms with van der Waals surface area (Å²) in [4.78, 5) is 11.5. The average molecular weight is 295 g/mol. The standard InChI is InChI=1S/C14H11N5.C2H6.CH4/c15-6-10-2-1-9(5-11(10)7-16)13-12-3-4-17-14(12)19-8-18-13;1-2;/h1-5,8H,6,15H2,(H,17,18,19);1-2H3;1H4. The zero-order valence-electron chi connectivity index (χ0n) is 12.1. The van der Waals surface area contributed by atoms with Crippen LogP contribution in [0.5, 0.6) is 0 Å². The van der Waals surface area contributed by atoms with Gasteiger partial charge in [-0.15, -0.1) is 0 Å². The van der Waals surface area contributed by atoms with E-state index in [-0.39, 0.29) is 7.43 Å². The number of benzene rings is 1. The fourth-order valence-electron chi connectivity index (χ4n) is 2.11. The smallest absolute Gasteiger partial charge is 0.141 e. The van der Waals surface area contributed by atoms with Crippen molar-refractivity contribution in [1.82, 2.24) is 15.0 Å². The lowest BCUT2D eigenvalue weighted by Gasteiger charge is -2.05. The van der Waals surface area contributed by atoms with Crippen molar-refractivity contribution in [3.63, 3.8) is 0 Å². The van der Waals surface area contributed by atoms with Crippen molar-refractivity contribution in [3.8, 4) is 17.3 Å². The Morgan fingerprint density at radius 3 is 2.68 bits per heavy atom. The molecule has 0 aliphatic rings. The third-order valence-electron chi connectivity index (χ3n) is 3.08. The molecule has 3 N–H and O–H groups in total. The summed E-state index contributed by atoms with van der Waals surface area (Å²) in [6, 6.07) is 9.71. The second kappa shape index (κ2) is 7.91. The van der Waals surface area contributed by atoms with E-state index in [4.69, 9.17) is 11.0 Å². The first-order valence-corrected chi connectivity index (χ1v) is 6.85. The van der Waals surface area contributed by atoms with E-state index in [1.807, 2.05) is 44.3 Å². The molecule has 0 aliphatic carbocycles. The fourth-order valence-corrected chi connectivity index (χ4v) is 2.11. The van der Waals surface area contributed by atoms with Crippen molar-refractivity contribution in [3.05, 3.63) is 47.9 Å². The Balaban J connectivity index is 0.000000775. The summed E-state index contributed by atoms with van der Waals surface area (Å²) in [5, 5.41) is 10.1. The van der Waals surface area contributed by atoms with Gasteiger partial charge in [-0.3, -0.25) is 0 Å². The largest absolute Gasteiger partial charge is 0.346 e. The summed E-state index contributed by atoms with van der Waals surface area (Å²) in [5.74, 6) is 0.